The van der Waals surface area contributed by atoms with E-state index in [1.165, 1.54) is 116 Å². The maximum atomic E-state index is 2.50. The van der Waals surface area contributed by atoms with Crippen molar-refractivity contribution in [1.29, 1.82) is 0 Å². The van der Waals surface area contributed by atoms with Gasteiger partial charge in [-0.25, -0.2) is 0 Å². The van der Waals surface area contributed by atoms with Crippen molar-refractivity contribution in [1.82, 2.24) is 0 Å². The summed E-state index contributed by atoms with van der Waals surface area (Å²) in [6, 6.07) is 0. The normalized spacial score (nSPS) is 18.5. The molecule has 206 valence electrons. The van der Waals surface area contributed by atoms with Crippen molar-refractivity contribution >= 4 is 0 Å². The van der Waals surface area contributed by atoms with Crippen LogP contribution in [0.2, 0.25) is 0 Å². The lowest BCUT2D eigenvalue weighted by Crippen LogP contribution is -2.20. The van der Waals surface area contributed by atoms with E-state index in [9.17, 15) is 0 Å². The summed E-state index contributed by atoms with van der Waals surface area (Å²) in [5, 5.41) is 0. The van der Waals surface area contributed by atoms with Crippen LogP contribution in [0.5, 0.6) is 0 Å². The average molecular weight is 511 g/mol. The molecule has 0 heterocycles. The quantitative estimate of drug-likeness (QED) is 0.262. The zero-order valence-electron chi connectivity index (χ0n) is 25.7. The highest BCUT2D eigenvalue weighted by Gasteiger charge is 2.35. The van der Waals surface area contributed by atoms with Crippen molar-refractivity contribution in [2.75, 3.05) is 0 Å². The first-order valence-corrected chi connectivity index (χ1v) is 16.5. The van der Waals surface area contributed by atoms with E-state index < -0.39 is 0 Å². The zero-order chi connectivity index (χ0) is 26.8. The van der Waals surface area contributed by atoms with Crippen molar-refractivity contribution in [3.8, 4) is 0 Å². The number of benzene rings is 1. The first-order valence-electron chi connectivity index (χ1n) is 16.5. The van der Waals surface area contributed by atoms with Crippen molar-refractivity contribution in [2.45, 2.75) is 157 Å². The smallest absolute Gasteiger partial charge is 0.00176 e. The third kappa shape index (κ3) is 5.07. The van der Waals surface area contributed by atoms with Gasteiger partial charge in [0.1, 0.15) is 0 Å². The standard InChI is InChI=1S/C38H54/c1-7-11-15-27-19-28(16-12-8-2)36-22-32-26(6)34-24-38-30(18-14-10-4)20-29(17-13-9-3)37(38)23-33(34)25(5)31(32)21-35(27)36/h7-24H2,1-6H3. The van der Waals surface area contributed by atoms with Gasteiger partial charge < -0.3 is 0 Å². The number of hydrogen-bond donors (Lipinski definition) is 0. The average Bonchev–Trinajstić information content (AvgIpc) is 3.46. The second kappa shape index (κ2) is 12.1. The van der Waals surface area contributed by atoms with E-state index in [4.69, 9.17) is 0 Å². The lowest BCUT2D eigenvalue weighted by atomic mass is 9.71. The van der Waals surface area contributed by atoms with Crippen LogP contribution in [0.15, 0.2) is 44.6 Å². The van der Waals surface area contributed by atoms with E-state index in [-0.39, 0.29) is 0 Å². The van der Waals surface area contributed by atoms with Gasteiger partial charge in [-0.1, -0.05) is 75.7 Å². The van der Waals surface area contributed by atoms with Crippen LogP contribution >= 0.6 is 0 Å². The Hall–Kier alpha value is -1.82. The Morgan fingerprint density at radius 1 is 0.368 bits per heavy atom. The largest absolute Gasteiger partial charge is 0.0654 e. The van der Waals surface area contributed by atoms with E-state index >= 15 is 0 Å². The summed E-state index contributed by atoms with van der Waals surface area (Å²) < 4.78 is 0. The van der Waals surface area contributed by atoms with Gasteiger partial charge in [-0.2, -0.15) is 0 Å². The van der Waals surface area contributed by atoms with Gasteiger partial charge >= 0.3 is 0 Å². The molecule has 0 aromatic heterocycles. The Kier molecular flexibility index (Phi) is 8.86. The van der Waals surface area contributed by atoms with Crippen LogP contribution in [0, 0.1) is 13.8 Å². The van der Waals surface area contributed by atoms with E-state index in [0.29, 0.717) is 0 Å². The molecule has 0 unspecified atom stereocenters. The van der Waals surface area contributed by atoms with Crippen LogP contribution in [-0.4, -0.2) is 0 Å². The van der Waals surface area contributed by atoms with Crippen molar-refractivity contribution in [3.05, 3.63) is 78.0 Å². The molecule has 38 heavy (non-hydrogen) atoms. The molecule has 0 radical (unpaired) electrons. The van der Waals surface area contributed by atoms with Crippen LogP contribution < -0.4 is 0 Å². The second-order valence-electron chi connectivity index (χ2n) is 13.0. The van der Waals surface area contributed by atoms with Gasteiger partial charge in [0.25, 0.3) is 0 Å². The van der Waals surface area contributed by atoms with Crippen LogP contribution in [0.1, 0.15) is 151 Å². The molecule has 0 atom stereocenters. The van der Waals surface area contributed by atoms with Crippen molar-refractivity contribution in [2.24, 2.45) is 0 Å². The van der Waals surface area contributed by atoms with Gasteiger partial charge in [0, 0.05) is 0 Å². The molecule has 0 nitrogen and oxygen atoms in total. The maximum Gasteiger partial charge on any atom is -0.00176 e. The van der Waals surface area contributed by atoms with Crippen LogP contribution in [0.4, 0.5) is 0 Å². The third-order valence-electron chi connectivity index (χ3n) is 10.6. The lowest BCUT2D eigenvalue weighted by Gasteiger charge is -2.33. The molecule has 0 heteroatoms. The minimum absolute atomic E-state index is 1.21. The minimum Gasteiger partial charge on any atom is -0.0654 e. The molecule has 4 aliphatic rings. The monoisotopic (exact) mass is 510 g/mol. The molecule has 0 fully saturated rings. The summed E-state index contributed by atoms with van der Waals surface area (Å²) in [5.74, 6) is 0. The fourth-order valence-corrected chi connectivity index (χ4v) is 8.17. The molecule has 0 bridgehead atoms. The Morgan fingerprint density at radius 2 is 0.605 bits per heavy atom. The van der Waals surface area contributed by atoms with Crippen molar-refractivity contribution in [3.63, 3.8) is 0 Å². The van der Waals surface area contributed by atoms with Crippen molar-refractivity contribution < 1.29 is 0 Å². The Balaban J connectivity index is 1.57. The van der Waals surface area contributed by atoms with E-state index in [1.807, 2.05) is 0 Å². The van der Waals surface area contributed by atoms with Gasteiger partial charge in [-0.05, 0) is 159 Å². The second-order valence-corrected chi connectivity index (χ2v) is 13.0. The predicted molar refractivity (Wildman–Crippen MR) is 166 cm³/mol. The van der Waals surface area contributed by atoms with Crippen LogP contribution in [-0.2, 0) is 25.7 Å². The topological polar surface area (TPSA) is 0 Å². The molecule has 0 saturated heterocycles. The van der Waals surface area contributed by atoms with E-state index in [2.05, 4.69) is 41.5 Å². The Bertz CT molecular complexity index is 1020. The molecule has 1 aromatic carbocycles. The highest BCUT2D eigenvalue weighted by atomic mass is 14.4. The maximum absolute atomic E-state index is 2.50. The molecule has 0 amide bonds. The summed E-state index contributed by atoms with van der Waals surface area (Å²) in [6.45, 7) is 14.4. The summed E-state index contributed by atoms with van der Waals surface area (Å²) in [6.07, 6.45) is 23.4. The van der Waals surface area contributed by atoms with Crippen LogP contribution in [0.25, 0.3) is 0 Å². The lowest BCUT2D eigenvalue weighted by molar-refractivity contribution is 0.742. The number of allylic oxidation sites excluding steroid dienone is 8. The summed E-state index contributed by atoms with van der Waals surface area (Å²) in [4.78, 5) is 0. The first-order chi connectivity index (χ1) is 18.5. The molecule has 1 aromatic rings. The third-order valence-corrected chi connectivity index (χ3v) is 10.6. The van der Waals surface area contributed by atoms with Gasteiger partial charge in [-0.3, -0.25) is 0 Å². The molecule has 0 aliphatic heterocycles. The fraction of sp³-hybridized carbons (Fsp3) is 0.632. The number of hydrogen-bond acceptors (Lipinski definition) is 0. The van der Waals surface area contributed by atoms with Gasteiger partial charge in [-0.15, -0.1) is 0 Å². The zero-order valence-corrected chi connectivity index (χ0v) is 25.7. The molecule has 0 spiro atoms. The molecular formula is C38H54. The molecule has 5 rings (SSSR count). The number of fused-ring (bicyclic) bond motifs is 4. The minimum atomic E-state index is 1.21. The van der Waals surface area contributed by atoms with Gasteiger partial charge in [0.05, 0.1) is 0 Å². The molecule has 0 N–H and O–H groups in total. The van der Waals surface area contributed by atoms with Gasteiger partial charge in [0.15, 0.2) is 0 Å². The highest BCUT2D eigenvalue weighted by molar-refractivity contribution is 5.66. The van der Waals surface area contributed by atoms with Gasteiger partial charge in [0.2, 0.25) is 0 Å². The Morgan fingerprint density at radius 3 is 0.816 bits per heavy atom. The number of unbranched alkanes of at least 4 members (excludes halogenated alkanes) is 4. The highest BCUT2D eigenvalue weighted by Crippen LogP contribution is 2.50. The molecule has 4 aliphatic carbocycles. The Labute approximate surface area is 234 Å². The predicted octanol–water partition coefficient (Wildman–Crippen LogP) is 11.3. The van der Waals surface area contributed by atoms with E-state index in [1.54, 1.807) is 78.0 Å². The molecular weight excluding hydrogens is 456 g/mol. The first kappa shape index (κ1) is 27.7. The fourth-order valence-electron chi connectivity index (χ4n) is 8.17. The number of rotatable bonds is 12. The van der Waals surface area contributed by atoms with Crippen LogP contribution in [0.3, 0.4) is 0 Å². The summed E-state index contributed by atoms with van der Waals surface area (Å²) >= 11 is 0. The SMILES string of the molecule is CCCCC1=C2Cc3c(C)c4c(c(C)c3CC2=C(CCCC)C1)CC1=C(CCCC)CC(CCCC)=C1C4. The summed E-state index contributed by atoms with van der Waals surface area (Å²) in [7, 11) is 0. The summed E-state index contributed by atoms with van der Waals surface area (Å²) in [5.41, 5.74) is 24.5. The van der Waals surface area contributed by atoms with E-state index in [0.717, 1.165) is 0 Å². The molecule has 0 saturated carbocycles.